The lowest BCUT2D eigenvalue weighted by molar-refractivity contribution is -0.160. The van der Waals surface area contributed by atoms with Crippen molar-refractivity contribution < 1.29 is 14.9 Å². The fourth-order valence-electron chi connectivity index (χ4n) is 6.55. The molecule has 1 aromatic rings. The SMILES string of the molecule is CCC[C@]1(O)CC[C@H]2[C@H]3Cc4ccc(O)c5c4[C@@]2(CCN3C)[C@H]1O5. The third kappa shape index (κ3) is 1.57. The summed E-state index contributed by atoms with van der Waals surface area (Å²) in [7, 11) is 2.24. The van der Waals surface area contributed by atoms with Gasteiger partial charge in [0.1, 0.15) is 11.7 Å². The molecule has 0 unspecified atom stereocenters. The monoisotopic (exact) mass is 329 g/mol. The molecule has 24 heavy (non-hydrogen) atoms. The lowest BCUT2D eigenvalue weighted by Gasteiger charge is -2.60. The molecule has 0 aromatic heterocycles. The molecule has 4 heteroatoms. The maximum atomic E-state index is 11.5. The van der Waals surface area contributed by atoms with Gasteiger partial charge >= 0.3 is 0 Å². The van der Waals surface area contributed by atoms with Gasteiger partial charge in [-0.1, -0.05) is 19.4 Å². The average molecular weight is 329 g/mol. The number of aliphatic hydroxyl groups is 1. The Kier molecular flexibility index (Phi) is 2.93. The number of likely N-dealkylation sites (tertiary alicyclic amines) is 1. The van der Waals surface area contributed by atoms with Crippen LogP contribution in [0.5, 0.6) is 11.5 Å². The van der Waals surface area contributed by atoms with E-state index < -0.39 is 5.60 Å². The number of phenolic OH excluding ortho intramolecular Hbond substituents is 1. The van der Waals surface area contributed by atoms with Crippen LogP contribution in [0, 0.1) is 5.92 Å². The number of nitrogens with zero attached hydrogens (tertiary/aromatic N) is 1. The van der Waals surface area contributed by atoms with Crippen LogP contribution < -0.4 is 4.74 Å². The van der Waals surface area contributed by atoms with E-state index in [0.29, 0.717) is 17.7 Å². The molecule has 1 saturated heterocycles. The van der Waals surface area contributed by atoms with Crippen molar-refractivity contribution in [2.24, 2.45) is 5.92 Å². The summed E-state index contributed by atoms with van der Waals surface area (Å²) in [6, 6.07) is 4.38. The highest BCUT2D eigenvalue weighted by Gasteiger charge is 2.68. The van der Waals surface area contributed by atoms with E-state index >= 15 is 0 Å². The highest BCUT2D eigenvalue weighted by atomic mass is 16.5. The first-order chi connectivity index (χ1) is 11.5. The highest BCUT2D eigenvalue weighted by molar-refractivity contribution is 5.61. The molecule has 5 atom stereocenters. The van der Waals surface area contributed by atoms with Crippen molar-refractivity contribution in [3.63, 3.8) is 0 Å². The second kappa shape index (κ2) is 4.67. The first-order valence-electron chi connectivity index (χ1n) is 9.46. The number of piperidine rings is 1. The molecule has 4 aliphatic rings. The molecule has 2 N–H and O–H groups in total. The number of aromatic hydroxyl groups is 1. The minimum Gasteiger partial charge on any atom is -0.504 e. The molecule has 2 bridgehead atoms. The Morgan fingerprint density at radius 2 is 2.17 bits per heavy atom. The largest absolute Gasteiger partial charge is 0.504 e. The third-order valence-electron chi connectivity index (χ3n) is 7.45. The van der Waals surface area contributed by atoms with Crippen LogP contribution in [0.15, 0.2) is 12.1 Å². The molecule has 2 heterocycles. The molecular weight excluding hydrogens is 302 g/mol. The zero-order valence-corrected chi connectivity index (χ0v) is 14.6. The van der Waals surface area contributed by atoms with Gasteiger partial charge in [0.05, 0.1) is 0 Å². The molecule has 2 fully saturated rings. The van der Waals surface area contributed by atoms with Crippen molar-refractivity contribution in [2.45, 2.75) is 68.6 Å². The van der Waals surface area contributed by atoms with Gasteiger partial charge < -0.3 is 19.8 Å². The van der Waals surface area contributed by atoms with Crippen LogP contribution in [0.25, 0.3) is 0 Å². The summed E-state index contributed by atoms with van der Waals surface area (Å²) in [5, 5.41) is 21.9. The smallest absolute Gasteiger partial charge is 0.165 e. The van der Waals surface area contributed by atoms with Gasteiger partial charge in [0.15, 0.2) is 11.5 Å². The average Bonchev–Trinajstić information content (AvgIpc) is 2.91. The Morgan fingerprint density at radius 3 is 2.96 bits per heavy atom. The third-order valence-corrected chi connectivity index (χ3v) is 7.45. The maximum Gasteiger partial charge on any atom is 0.165 e. The second-order valence-corrected chi connectivity index (χ2v) is 8.49. The normalized spacial score (nSPS) is 42.5. The van der Waals surface area contributed by atoms with Gasteiger partial charge in [0.25, 0.3) is 0 Å². The quantitative estimate of drug-likeness (QED) is 0.876. The molecule has 4 nitrogen and oxygen atoms in total. The molecule has 1 saturated carbocycles. The van der Waals surface area contributed by atoms with E-state index in [1.165, 1.54) is 11.1 Å². The summed E-state index contributed by atoms with van der Waals surface area (Å²) in [6.07, 6.45) is 5.44. The number of ether oxygens (including phenoxy) is 1. The fourth-order valence-corrected chi connectivity index (χ4v) is 6.55. The number of hydrogen-bond acceptors (Lipinski definition) is 4. The van der Waals surface area contributed by atoms with Crippen LogP contribution >= 0.6 is 0 Å². The molecule has 1 spiro atoms. The predicted molar refractivity (Wildman–Crippen MR) is 91.5 cm³/mol. The first-order valence-corrected chi connectivity index (χ1v) is 9.46. The molecule has 2 aliphatic heterocycles. The summed E-state index contributed by atoms with van der Waals surface area (Å²) in [5.41, 5.74) is 1.67. The van der Waals surface area contributed by atoms with E-state index in [2.05, 4.69) is 24.9 Å². The van der Waals surface area contributed by atoms with Gasteiger partial charge in [0.2, 0.25) is 0 Å². The summed E-state index contributed by atoms with van der Waals surface area (Å²) >= 11 is 0. The first kappa shape index (κ1) is 15.0. The van der Waals surface area contributed by atoms with Gasteiger partial charge in [-0.25, -0.2) is 0 Å². The summed E-state index contributed by atoms with van der Waals surface area (Å²) in [5.74, 6) is 1.43. The standard InChI is InChI=1S/C20H27NO3/c1-3-7-19(23)8-6-13-14-11-12-4-5-15(22)17-16(12)20(13,18(19)24-17)9-10-21(14)2/h4-5,13-14,18,22-23H,3,6-11H2,1-2H3/t13-,14+,18-,19-,20-/m0/s1. The minimum absolute atomic E-state index is 0.110. The Balaban J connectivity index is 1.76. The number of phenols is 1. The molecular formula is C20H27NO3. The second-order valence-electron chi connectivity index (χ2n) is 8.49. The summed E-state index contributed by atoms with van der Waals surface area (Å²) in [6.45, 7) is 3.17. The van der Waals surface area contributed by atoms with Crippen LogP contribution in [-0.2, 0) is 11.8 Å². The van der Waals surface area contributed by atoms with E-state index in [1.54, 1.807) is 6.07 Å². The van der Waals surface area contributed by atoms with E-state index in [9.17, 15) is 10.2 Å². The molecule has 2 aliphatic carbocycles. The molecule has 0 radical (unpaired) electrons. The van der Waals surface area contributed by atoms with E-state index in [1.807, 2.05) is 0 Å². The van der Waals surface area contributed by atoms with Crippen LogP contribution in [0.1, 0.15) is 50.2 Å². The molecule has 1 aromatic carbocycles. The van der Waals surface area contributed by atoms with Gasteiger partial charge in [0, 0.05) is 17.0 Å². The van der Waals surface area contributed by atoms with Crippen molar-refractivity contribution in [3.8, 4) is 11.5 Å². The Labute approximate surface area is 143 Å². The molecule has 5 rings (SSSR count). The van der Waals surface area contributed by atoms with Gasteiger partial charge in [-0.05, 0) is 63.2 Å². The van der Waals surface area contributed by atoms with Crippen LogP contribution in [0.2, 0.25) is 0 Å². The van der Waals surface area contributed by atoms with Crippen molar-refractivity contribution in [1.82, 2.24) is 4.90 Å². The van der Waals surface area contributed by atoms with Crippen molar-refractivity contribution in [1.29, 1.82) is 0 Å². The van der Waals surface area contributed by atoms with Gasteiger partial charge in [-0.15, -0.1) is 0 Å². The van der Waals surface area contributed by atoms with Crippen molar-refractivity contribution in [2.75, 3.05) is 13.6 Å². The lowest BCUT2D eigenvalue weighted by Crippen LogP contribution is -2.69. The Morgan fingerprint density at radius 1 is 1.33 bits per heavy atom. The zero-order chi connectivity index (χ0) is 16.7. The fraction of sp³-hybridized carbons (Fsp3) is 0.700. The van der Waals surface area contributed by atoms with E-state index in [-0.39, 0.29) is 17.3 Å². The zero-order valence-electron chi connectivity index (χ0n) is 14.6. The van der Waals surface area contributed by atoms with Crippen LogP contribution in [-0.4, -0.2) is 46.5 Å². The van der Waals surface area contributed by atoms with E-state index in [4.69, 9.17) is 4.74 Å². The van der Waals surface area contributed by atoms with Crippen LogP contribution in [0.3, 0.4) is 0 Å². The minimum atomic E-state index is -0.772. The number of hydrogen-bond donors (Lipinski definition) is 2. The number of benzene rings is 1. The van der Waals surface area contributed by atoms with Crippen molar-refractivity contribution >= 4 is 0 Å². The highest BCUT2D eigenvalue weighted by Crippen LogP contribution is 2.65. The number of likely N-dealkylation sites (N-methyl/N-ethyl adjacent to an activating group) is 1. The van der Waals surface area contributed by atoms with Crippen molar-refractivity contribution in [3.05, 3.63) is 23.3 Å². The maximum absolute atomic E-state index is 11.5. The summed E-state index contributed by atoms with van der Waals surface area (Å²) < 4.78 is 6.39. The van der Waals surface area contributed by atoms with Crippen LogP contribution in [0.4, 0.5) is 0 Å². The van der Waals surface area contributed by atoms with Gasteiger partial charge in [-0.2, -0.15) is 0 Å². The Bertz CT molecular complexity index is 704. The summed E-state index contributed by atoms with van der Waals surface area (Å²) in [4.78, 5) is 2.50. The molecule has 130 valence electrons. The predicted octanol–water partition coefficient (Wildman–Crippen LogP) is 2.59. The Hall–Kier alpha value is -1.26. The molecule has 0 amide bonds. The van der Waals surface area contributed by atoms with E-state index in [0.717, 1.165) is 45.1 Å². The number of rotatable bonds is 2. The lowest BCUT2D eigenvalue weighted by atomic mass is 9.49. The van der Waals surface area contributed by atoms with Gasteiger partial charge in [-0.3, -0.25) is 0 Å². The topological polar surface area (TPSA) is 52.9 Å².